The first-order valence-corrected chi connectivity index (χ1v) is 9.93. The molecule has 1 aliphatic carbocycles. The molecule has 5 heteroatoms. The van der Waals surface area contributed by atoms with Gasteiger partial charge in [0, 0.05) is 18.1 Å². The zero-order valence-corrected chi connectivity index (χ0v) is 16.2. The highest BCUT2D eigenvalue weighted by molar-refractivity contribution is 8.18. The number of benzene rings is 1. The van der Waals surface area contributed by atoms with Crippen molar-refractivity contribution in [1.82, 2.24) is 4.57 Å². The van der Waals surface area contributed by atoms with Crippen LogP contribution < -0.4 is 4.90 Å². The number of fused-ring (bicyclic) bond motifs is 1. The summed E-state index contributed by atoms with van der Waals surface area (Å²) in [5.41, 5.74) is 4.35. The molecular formula is C22H22N2O2S. The Morgan fingerprint density at radius 1 is 1.30 bits per heavy atom. The van der Waals surface area contributed by atoms with Gasteiger partial charge in [0.1, 0.15) is 0 Å². The Labute approximate surface area is 163 Å². The quantitative estimate of drug-likeness (QED) is 0.509. The van der Waals surface area contributed by atoms with Crippen LogP contribution in [0.2, 0.25) is 0 Å². The maximum Gasteiger partial charge on any atom is 0.298 e. The summed E-state index contributed by atoms with van der Waals surface area (Å²) in [6.07, 6.45) is 7.67. The van der Waals surface area contributed by atoms with Crippen LogP contribution in [0.4, 0.5) is 10.5 Å². The highest BCUT2D eigenvalue weighted by atomic mass is 32.2. The van der Waals surface area contributed by atoms with Gasteiger partial charge in [0.2, 0.25) is 0 Å². The van der Waals surface area contributed by atoms with Crippen molar-refractivity contribution in [3.05, 3.63) is 65.7 Å². The zero-order chi connectivity index (χ0) is 19.1. The summed E-state index contributed by atoms with van der Waals surface area (Å²) in [6, 6.07) is 7.73. The molecule has 27 heavy (non-hydrogen) atoms. The summed E-state index contributed by atoms with van der Waals surface area (Å²) in [7, 11) is 0. The third kappa shape index (κ3) is 3.16. The van der Waals surface area contributed by atoms with Crippen LogP contribution in [-0.4, -0.2) is 15.7 Å². The monoisotopic (exact) mass is 378 g/mol. The topological polar surface area (TPSA) is 42.3 Å². The maximum absolute atomic E-state index is 12.3. The van der Waals surface area contributed by atoms with E-state index in [0.29, 0.717) is 11.6 Å². The van der Waals surface area contributed by atoms with Gasteiger partial charge in [-0.05, 0) is 62.1 Å². The predicted octanol–water partition coefficient (Wildman–Crippen LogP) is 5.66. The molecular weight excluding hydrogens is 356 g/mol. The Bertz CT molecular complexity index is 1010. The van der Waals surface area contributed by atoms with Crippen LogP contribution in [0.1, 0.15) is 26.2 Å². The number of rotatable bonds is 4. The van der Waals surface area contributed by atoms with Crippen molar-refractivity contribution >= 4 is 39.5 Å². The molecule has 4 rings (SSSR count). The smallest absolute Gasteiger partial charge is 0.298 e. The molecule has 0 saturated carbocycles. The lowest BCUT2D eigenvalue weighted by Gasteiger charge is -2.22. The first-order valence-electron chi connectivity index (χ1n) is 9.12. The Morgan fingerprint density at radius 2 is 2.11 bits per heavy atom. The van der Waals surface area contributed by atoms with Crippen molar-refractivity contribution in [1.29, 1.82) is 0 Å². The minimum Gasteiger partial charge on any atom is -0.343 e. The minimum atomic E-state index is -0.328. The summed E-state index contributed by atoms with van der Waals surface area (Å²) in [6.45, 7) is 10.7. The third-order valence-corrected chi connectivity index (χ3v) is 6.22. The van der Waals surface area contributed by atoms with E-state index in [-0.39, 0.29) is 16.1 Å². The molecule has 0 bridgehead atoms. The Balaban J connectivity index is 1.64. The van der Waals surface area contributed by atoms with Crippen molar-refractivity contribution in [3.63, 3.8) is 0 Å². The predicted molar refractivity (Wildman–Crippen MR) is 112 cm³/mol. The Morgan fingerprint density at radius 3 is 2.74 bits per heavy atom. The molecule has 138 valence electrons. The van der Waals surface area contributed by atoms with Gasteiger partial charge in [0.15, 0.2) is 0 Å². The summed E-state index contributed by atoms with van der Waals surface area (Å²) >= 11 is 0.898. The summed E-state index contributed by atoms with van der Waals surface area (Å²) in [5, 5.41) is 0.622. The van der Waals surface area contributed by atoms with Gasteiger partial charge in [-0.1, -0.05) is 36.4 Å². The van der Waals surface area contributed by atoms with Gasteiger partial charge < -0.3 is 4.57 Å². The van der Waals surface area contributed by atoms with Crippen LogP contribution in [0, 0.1) is 5.92 Å². The fourth-order valence-electron chi connectivity index (χ4n) is 3.85. The second-order valence-electron chi connectivity index (χ2n) is 7.27. The Hall–Kier alpha value is -2.53. The van der Waals surface area contributed by atoms with E-state index in [4.69, 9.17) is 0 Å². The lowest BCUT2D eigenvalue weighted by atomic mass is 9.85. The molecule has 1 atom stereocenters. The van der Waals surface area contributed by atoms with Gasteiger partial charge in [-0.2, -0.15) is 0 Å². The number of amides is 2. The zero-order valence-electron chi connectivity index (χ0n) is 15.4. The SMILES string of the molecule is C=C1SC(=O)N(c2cccc3c2ccn3CC2=CC[C@@H](C(=C)C)CC2)C1=O. The molecule has 0 unspecified atom stereocenters. The minimum absolute atomic E-state index is 0.274. The number of nitrogens with zero attached hydrogens (tertiary/aromatic N) is 2. The van der Waals surface area contributed by atoms with Gasteiger partial charge in [0.05, 0.1) is 16.1 Å². The fourth-order valence-corrected chi connectivity index (χ4v) is 4.51. The van der Waals surface area contributed by atoms with E-state index in [0.717, 1.165) is 48.5 Å². The van der Waals surface area contributed by atoms with Gasteiger partial charge in [-0.25, -0.2) is 4.90 Å². The number of imide groups is 1. The van der Waals surface area contributed by atoms with Gasteiger partial charge in [-0.3, -0.25) is 9.59 Å². The summed E-state index contributed by atoms with van der Waals surface area (Å²) in [5.74, 6) is 0.269. The molecule has 0 N–H and O–H groups in total. The van der Waals surface area contributed by atoms with Crippen LogP contribution in [-0.2, 0) is 11.3 Å². The largest absolute Gasteiger partial charge is 0.343 e. The molecule has 2 heterocycles. The van der Waals surface area contributed by atoms with E-state index >= 15 is 0 Å². The van der Waals surface area contributed by atoms with Gasteiger partial charge in [0.25, 0.3) is 11.1 Å². The number of thioether (sulfide) groups is 1. The molecule has 1 saturated heterocycles. The molecule has 1 aromatic heterocycles. The first kappa shape index (κ1) is 17.9. The standard InChI is InChI=1S/C22H22N2O2S/c1-14(2)17-9-7-16(8-10-17)13-23-12-11-18-19(23)5-4-6-20(18)24-21(25)15(3)27-22(24)26/h4-7,11-12,17H,1,3,8-10,13H2,2H3/t17-/m1/s1. The van der Waals surface area contributed by atoms with E-state index in [1.165, 1.54) is 16.0 Å². The lowest BCUT2D eigenvalue weighted by Crippen LogP contribution is -2.27. The van der Waals surface area contributed by atoms with E-state index in [1.54, 1.807) is 0 Å². The van der Waals surface area contributed by atoms with Crippen LogP contribution in [0.15, 0.2) is 65.7 Å². The number of carbonyl (C=O) groups is 2. The molecule has 1 fully saturated rings. The number of hydrogen-bond donors (Lipinski definition) is 0. The molecule has 2 aromatic rings. The van der Waals surface area contributed by atoms with Crippen LogP contribution in [0.25, 0.3) is 10.9 Å². The maximum atomic E-state index is 12.3. The van der Waals surface area contributed by atoms with Crippen LogP contribution >= 0.6 is 11.8 Å². The number of hydrogen-bond acceptors (Lipinski definition) is 3. The van der Waals surface area contributed by atoms with Crippen molar-refractivity contribution < 1.29 is 9.59 Å². The highest BCUT2D eigenvalue weighted by Crippen LogP contribution is 2.37. The lowest BCUT2D eigenvalue weighted by molar-refractivity contribution is -0.113. The van der Waals surface area contributed by atoms with E-state index in [2.05, 4.69) is 30.7 Å². The fraction of sp³-hybridized carbons (Fsp3) is 0.273. The van der Waals surface area contributed by atoms with E-state index in [9.17, 15) is 9.59 Å². The average Bonchev–Trinajstić information content (AvgIpc) is 3.16. The molecule has 1 aliphatic heterocycles. The van der Waals surface area contributed by atoms with Crippen molar-refractivity contribution in [2.24, 2.45) is 5.92 Å². The van der Waals surface area contributed by atoms with Crippen LogP contribution in [0.3, 0.4) is 0 Å². The second kappa shape index (κ2) is 6.89. The average molecular weight is 378 g/mol. The van der Waals surface area contributed by atoms with Crippen molar-refractivity contribution in [2.75, 3.05) is 4.90 Å². The molecule has 4 nitrogen and oxygen atoms in total. The first-order chi connectivity index (χ1) is 13.0. The van der Waals surface area contributed by atoms with Crippen LogP contribution in [0.5, 0.6) is 0 Å². The normalized spacial score (nSPS) is 20.5. The highest BCUT2D eigenvalue weighted by Gasteiger charge is 2.36. The third-order valence-electron chi connectivity index (χ3n) is 5.44. The molecule has 0 radical (unpaired) electrons. The second-order valence-corrected chi connectivity index (χ2v) is 8.31. The number of allylic oxidation sites excluding steroid dienone is 3. The summed E-state index contributed by atoms with van der Waals surface area (Å²) < 4.78 is 2.19. The van der Waals surface area contributed by atoms with Gasteiger partial charge >= 0.3 is 0 Å². The number of aromatic nitrogens is 1. The molecule has 2 amide bonds. The molecule has 0 spiro atoms. The summed E-state index contributed by atoms with van der Waals surface area (Å²) in [4.78, 5) is 26.1. The molecule has 1 aromatic carbocycles. The number of anilines is 1. The van der Waals surface area contributed by atoms with Gasteiger partial charge in [-0.15, -0.1) is 0 Å². The van der Waals surface area contributed by atoms with Crippen molar-refractivity contribution in [3.8, 4) is 0 Å². The molecule has 2 aliphatic rings. The Kier molecular flexibility index (Phi) is 4.56. The number of carbonyl (C=O) groups excluding carboxylic acids is 2. The van der Waals surface area contributed by atoms with E-state index in [1.807, 2.05) is 30.5 Å². The van der Waals surface area contributed by atoms with Crippen molar-refractivity contribution in [2.45, 2.75) is 32.7 Å². The van der Waals surface area contributed by atoms with E-state index < -0.39 is 0 Å².